The Morgan fingerprint density at radius 3 is 2.42 bits per heavy atom. The van der Waals surface area contributed by atoms with Gasteiger partial charge in [-0.05, 0) is 57.0 Å². The van der Waals surface area contributed by atoms with Gasteiger partial charge in [-0.3, -0.25) is 14.6 Å². The van der Waals surface area contributed by atoms with Crippen molar-refractivity contribution in [3.05, 3.63) is 82.3 Å². The molecule has 0 saturated carbocycles. The molecular weight excluding hydrogens is 412 g/mol. The van der Waals surface area contributed by atoms with Crippen molar-refractivity contribution in [3.8, 4) is 5.75 Å². The van der Waals surface area contributed by atoms with Gasteiger partial charge in [0.15, 0.2) is 0 Å². The summed E-state index contributed by atoms with van der Waals surface area (Å²) < 4.78 is 5.96. The lowest BCUT2D eigenvalue weighted by Gasteiger charge is -2.29. The van der Waals surface area contributed by atoms with Gasteiger partial charge >= 0.3 is 0 Å². The normalized spacial score (nSPS) is 13.4. The Balaban J connectivity index is 1.49. The van der Waals surface area contributed by atoms with Gasteiger partial charge in [0, 0.05) is 24.2 Å². The van der Waals surface area contributed by atoms with Crippen LogP contribution in [0.15, 0.2) is 48.5 Å². The fourth-order valence-corrected chi connectivity index (χ4v) is 4.28. The largest absolute Gasteiger partial charge is 0.491 e. The quantitative estimate of drug-likeness (QED) is 0.516. The molecular formula is C27H32N4O2. The van der Waals surface area contributed by atoms with Gasteiger partial charge in [-0.1, -0.05) is 42.5 Å². The van der Waals surface area contributed by atoms with Crippen LogP contribution < -0.4 is 9.64 Å². The van der Waals surface area contributed by atoms with Crippen molar-refractivity contribution >= 4 is 11.7 Å². The van der Waals surface area contributed by atoms with Crippen molar-refractivity contribution < 1.29 is 9.53 Å². The highest BCUT2D eigenvalue weighted by Gasteiger charge is 2.28. The van der Waals surface area contributed by atoms with Crippen molar-refractivity contribution in [1.82, 2.24) is 14.9 Å². The van der Waals surface area contributed by atoms with E-state index < -0.39 is 0 Å². The van der Waals surface area contributed by atoms with E-state index in [1.165, 1.54) is 11.1 Å². The average Bonchev–Trinajstić information content (AvgIpc) is 2.78. The molecule has 3 aromatic rings. The molecule has 0 unspecified atom stereocenters. The van der Waals surface area contributed by atoms with Crippen molar-refractivity contribution in [2.45, 2.75) is 46.7 Å². The number of nitrogens with zero attached hydrogens (tertiary/aromatic N) is 4. The third kappa shape index (κ3) is 5.40. The van der Waals surface area contributed by atoms with Crippen LogP contribution in [0, 0.1) is 20.8 Å². The minimum atomic E-state index is 0.0909. The SMILES string of the molecule is Cc1ccccc1CN(C)Cc1nc(C)c2c(n1)N(CCOc1ccccc1C)C(=O)CC2. The van der Waals surface area contributed by atoms with Crippen molar-refractivity contribution in [2.75, 3.05) is 25.1 Å². The number of aromatic nitrogens is 2. The van der Waals surface area contributed by atoms with E-state index in [1.54, 1.807) is 4.90 Å². The lowest BCUT2D eigenvalue weighted by molar-refractivity contribution is -0.119. The Morgan fingerprint density at radius 2 is 1.67 bits per heavy atom. The Hall–Kier alpha value is -3.25. The van der Waals surface area contributed by atoms with Crippen LogP contribution in [0.25, 0.3) is 0 Å². The van der Waals surface area contributed by atoms with E-state index in [1.807, 2.05) is 38.1 Å². The van der Waals surface area contributed by atoms with Gasteiger partial charge in [0.25, 0.3) is 0 Å². The molecule has 1 amide bonds. The first kappa shape index (κ1) is 22.9. The number of fused-ring (bicyclic) bond motifs is 1. The van der Waals surface area contributed by atoms with Crippen molar-refractivity contribution in [2.24, 2.45) is 0 Å². The molecule has 172 valence electrons. The maximum atomic E-state index is 12.8. The molecule has 0 radical (unpaired) electrons. The maximum Gasteiger partial charge on any atom is 0.228 e. The number of ether oxygens (including phenoxy) is 1. The molecule has 0 saturated heterocycles. The van der Waals surface area contributed by atoms with E-state index >= 15 is 0 Å². The minimum absolute atomic E-state index is 0.0909. The Morgan fingerprint density at radius 1 is 0.939 bits per heavy atom. The molecule has 6 heteroatoms. The van der Waals surface area contributed by atoms with Gasteiger partial charge in [0.1, 0.15) is 24.0 Å². The second-order valence-electron chi connectivity index (χ2n) is 8.79. The number of carbonyl (C=O) groups excluding carboxylic acids is 1. The molecule has 2 aromatic carbocycles. The summed E-state index contributed by atoms with van der Waals surface area (Å²) in [5.74, 6) is 2.42. The molecule has 1 aliphatic rings. The Bertz CT molecular complexity index is 1140. The molecule has 4 rings (SSSR count). The summed E-state index contributed by atoms with van der Waals surface area (Å²) in [5, 5.41) is 0. The highest BCUT2D eigenvalue weighted by Crippen LogP contribution is 2.28. The molecule has 2 heterocycles. The molecule has 0 N–H and O–H groups in total. The van der Waals surface area contributed by atoms with E-state index in [-0.39, 0.29) is 5.91 Å². The predicted molar refractivity (Wildman–Crippen MR) is 130 cm³/mol. The van der Waals surface area contributed by atoms with Crippen LogP contribution in [0.1, 0.15) is 40.2 Å². The van der Waals surface area contributed by atoms with E-state index in [9.17, 15) is 4.79 Å². The monoisotopic (exact) mass is 444 g/mol. The third-order valence-corrected chi connectivity index (χ3v) is 6.16. The number of aryl methyl sites for hydroxylation is 3. The van der Waals surface area contributed by atoms with Crippen LogP contribution in [-0.4, -0.2) is 41.0 Å². The van der Waals surface area contributed by atoms with E-state index in [4.69, 9.17) is 14.7 Å². The number of hydrogen-bond donors (Lipinski definition) is 0. The van der Waals surface area contributed by atoms with Gasteiger partial charge in [-0.15, -0.1) is 0 Å². The maximum absolute atomic E-state index is 12.8. The first-order valence-corrected chi connectivity index (χ1v) is 11.5. The third-order valence-electron chi connectivity index (χ3n) is 6.16. The van der Waals surface area contributed by atoms with Crippen LogP contribution in [0.4, 0.5) is 5.82 Å². The number of para-hydroxylation sites is 1. The van der Waals surface area contributed by atoms with Crippen LogP contribution in [0.2, 0.25) is 0 Å². The van der Waals surface area contributed by atoms with E-state index in [2.05, 4.69) is 43.1 Å². The zero-order valence-corrected chi connectivity index (χ0v) is 20.0. The van der Waals surface area contributed by atoms with Crippen LogP contribution in [-0.2, 0) is 24.3 Å². The summed E-state index contributed by atoms with van der Waals surface area (Å²) in [6.45, 7) is 8.49. The van der Waals surface area contributed by atoms with Gasteiger partial charge in [-0.25, -0.2) is 9.97 Å². The smallest absolute Gasteiger partial charge is 0.228 e. The molecule has 0 atom stereocenters. The molecule has 33 heavy (non-hydrogen) atoms. The van der Waals surface area contributed by atoms with Crippen LogP contribution in [0.5, 0.6) is 5.75 Å². The number of benzene rings is 2. The standard InChI is InChI=1S/C27H32N4O2/c1-19-9-5-7-11-22(19)17-30(4)18-25-28-21(3)23-13-14-26(32)31(27(23)29-25)15-16-33-24-12-8-6-10-20(24)2/h5-12H,13-18H2,1-4H3. The first-order valence-electron chi connectivity index (χ1n) is 11.5. The second-order valence-corrected chi connectivity index (χ2v) is 8.79. The zero-order valence-electron chi connectivity index (χ0n) is 20.0. The van der Waals surface area contributed by atoms with Crippen LogP contribution >= 0.6 is 0 Å². The van der Waals surface area contributed by atoms with Crippen LogP contribution in [0.3, 0.4) is 0 Å². The summed E-state index contributed by atoms with van der Waals surface area (Å²) in [6, 6.07) is 16.3. The minimum Gasteiger partial charge on any atom is -0.491 e. The highest BCUT2D eigenvalue weighted by molar-refractivity contribution is 5.95. The average molecular weight is 445 g/mol. The summed E-state index contributed by atoms with van der Waals surface area (Å²) in [7, 11) is 2.07. The van der Waals surface area contributed by atoms with Gasteiger partial charge in [0.2, 0.25) is 5.91 Å². The molecule has 1 aliphatic heterocycles. The second kappa shape index (κ2) is 10.1. The van der Waals surface area contributed by atoms with Gasteiger partial charge in [-0.2, -0.15) is 0 Å². The van der Waals surface area contributed by atoms with Gasteiger partial charge < -0.3 is 4.74 Å². The molecule has 0 fully saturated rings. The van der Waals surface area contributed by atoms with E-state index in [0.29, 0.717) is 32.5 Å². The zero-order chi connectivity index (χ0) is 23.4. The lowest BCUT2D eigenvalue weighted by Crippen LogP contribution is -2.39. The summed E-state index contributed by atoms with van der Waals surface area (Å²) in [6.07, 6.45) is 1.17. The molecule has 6 nitrogen and oxygen atoms in total. The Kier molecular flexibility index (Phi) is 7.04. The lowest BCUT2D eigenvalue weighted by atomic mass is 10.0. The molecule has 0 aliphatic carbocycles. The fraction of sp³-hybridized carbons (Fsp3) is 0.370. The number of hydrogen-bond acceptors (Lipinski definition) is 5. The van der Waals surface area contributed by atoms with Crippen molar-refractivity contribution in [3.63, 3.8) is 0 Å². The number of carbonyl (C=O) groups is 1. The van der Waals surface area contributed by atoms with Gasteiger partial charge in [0.05, 0.1) is 13.1 Å². The van der Waals surface area contributed by atoms with Crippen molar-refractivity contribution in [1.29, 1.82) is 0 Å². The predicted octanol–water partition coefficient (Wildman–Crippen LogP) is 4.39. The topological polar surface area (TPSA) is 58.6 Å². The molecule has 1 aromatic heterocycles. The highest BCUT2D eigenvalue weighted by atomic mass is 16.5. The Labute approximate surface area is 196 Å². The number of amides is 1. The number of rotatable bonds is 8. The summed E-state index contributed by atoms with van der Waals surface area (Å²) in [5.41, 5.74) is 5.67. The number of anilines is 1. The van der Waals surface area contributed by atoms with E-state index in [0.717, 1.165) is 40.8 Å². The molecule has 0 spiro atoms. The summed E-state index contributed by atoms with van der Waals surface area (Å²) >= 11 is 0. The first-order chi connectivity index (χ1) is 15.9. The summed E-state index contributed by atoms with van der Waals surface area (Å²) in [4.78, 5) is 26.4. The fourth-order valence-electron chi connectivity index (χ4n) is 4.28. The molecule has 0 bridgehead atoms.